The Labute approximate surface area is 228 Å². The molecule has 0 aromatic heterocycles. The highest BCUT2D eigenvalue weighted by Gasteiger charge is 2.59. The van der Waals surface area contributed by atoms with Gasteiger partial charge < -0.3 is 19.7 Å². The second-order valence-electron chi connectivity index (χ2n) is 9.85. The summed E-state index contributed by atoms with van der Waals surface area (Å²) < 4.78 is 13.4. The summed E-state index contributed by atoms with van der Waals surface area (Å²) in [5.41, 5.74) is 0.0950. The molecule has 1 saturated heterocycles. The maximum Gasteiger partial charge on any atom is 0.185 e. The minimum absolute atomic E-state index is 0.645. The number of hydrogen-bond donors (Lipinski definition) is 2. The molecule has 0 spiro atoms. The third-order valence-electron chi connectivity index (χ3n) is 7.57. The van der Waals surface area contributed by atoms with Crippen molar-refractivity contribution in [3.05, 3.63) is 179 Å². The van der Waals surface area contributed by atoms with Crippen molar-refractivity contribution in [2.75, 3.05) is 0 Å². The molecule has 5 aromatic rings. The zero-order valence-electron chi connectivity index (χ0n) is 21.4. The van der Waals surface area contributed by atoms with Gasteiger partial charge in [-0.2, -0.15) is 0 Å². The van der Waals surface area contributed by atoms with Crippen molar-refractivity contribution < 1.29 is 19.7 Å². The Morgan fingerprint density at radius 2 is 0.641 bits per heavy atom. The number of rotatable bonds is 7. The van der Waals surface area contributed by atoms with Gasteiger partial charge in [-0.25, -0.2) is 0 Å². The van der Waals surface area contributed by atoms with Crippen LogP contribution in [0.4, 0.5) is 0 Å². The summed E-state index contributed by atoms with van der Waals surface area (Å²) in [5, 5.41) is 25.7. The SMILES string of the molecule is OC(c1ccccc1)(c1ccccc1)C1OC(c2ccccc2)OC1C(O)(c1ccccc1)c1ccccc1. The fourth-order valence-electron chi connectivity index (χ4n) is 5.60. The van der Waals surface area contributed by atoms with Gasteiger partial charge in [0, 0.05) is 5.56 Å². The lowest BCUT2D eigenvalue weighted by Gasteiger charge is -2.42. The lowest BCUT2D eigenvalue weighted by Crippen LogP contribution is -2.54. The van der Waals surface area contributed by atoms with E-state index < -0.39 is 29.7 Å². The summed E-state index contributed by atoms with van der Waals surface area (Å²) in [6.45, 7) is 0. The molecule has 0 amide bonds. The lowest BCUT2D eigenvalue weighted by molar-refractivity contribution is -0.110. The Morgan fingerprint density at radius 1 is 0.385 bits per heavy atom. The summed E-state index contributed by atoms with van der Waals surface area (Å²) in [6.07, 6.45) is -2.78. The Balaban J connectivity index is 1.59. The number of ether oxygens (including phenoxy) is 2. The Morgan fingerprint density at radius 3 is 0.923 bits per heavy atom. The van der Waals surface area contributed by atoms with E-state index in [0.717, 1.165) is 5.56 Å². The highest BCUT2D eigenvalue weighted by Crippen LogP contribution is 2.50. The van der Waals surface area contributed by atoms with E-state index in [1.54, 1.807) is 0 Å². The predicted octanol–water partition coefficient (Wildman–Crippen LogP) is 6.34. The van der Waals surface area contributed by atoms with Crippen LogP contribution in [-0.4, -0.2) is 22.4 Å². The van der Waals surface area contributed by atoms with Crippen LogP contribution in [0.25, 0.3) is 0 Å². The van der Waals surface area contributed by atoms with Crippen molar-refractivity contribution in [2.24, 2.45) is 0 Å². The molecule has 39 heavy (non-hydrogen) atoms. The first-order valence-corrected chi connectivity index (χ1v) is 13.1. The van der Waals surface area contributed by atoms with E-state index in [1.807, 2.05) is 152 Å². The maximum absolute atomic E-state index is 12.8. The van der Waals surface area contributed by atoms with Crippen molar-refractivity contribution in [1.29, 1.82) is 0 Å². The van der Waals surface area contributed by atoms with Crippen LogP contribution in [0.3, 0.4) is 0 Å². The van der Waals surface area contributed by atoms with Gasteiger partial charge in [-0.05, 0) is 22.3 Å². The van der Waals surface area contributed by atoms with E-state index in [2.05, 4.69) is 0 Å². The zero-order valence-corrected chi connectivity index (χ0v) is 21.4. The van der Waals surface area contributed by atoms with Crippen LogP contribution in [-0.2, 0) is 20.7 Å². The standard InChI is InChI=1S/C35H30O4/c36-34(27-18-8-2-9-19-27,28-20-10-3-11-21-28)31-32(39-33(38-31)26-16-6-1-7-17-26)35(37,29-22-12-4-13-23-29)30-24-14-5-15-25-30/h1-25,31-33,36-37H. The van der Waals surface area contributed by atoms with E-state index in [4.69, 9.17) is 9.47 Å². The highest BCUT2D eigenvalue weighted by atomic mass is 16.7. The van der Waals surface area contributed by atoms with Crippen molar-refractivity contribution in [3.63, 3.8) is 0 Å². The summed E-state index contributed by atoms with van der Waals surface area (Å²) in [4.78, 5) is 0. The summed E-state index contributed by atoms with van der Waals surface area (Å²) in [5.74, 6) is 0. The third kappa shape index (κ3) is 4.48. The van der Waals surface area contributed by atoms with E-state index in [1.165, 1.54) is 0 Å². The summed E-state index contributed by atoms with van der Waals surface area (Å²) in [7, 11) is 0. The first kappa shape index (κ1) is 25.2. The van der Waals surface area contributed by atoms with Gasteiger partial charge >= 0.3 is 0 Å². The molecule has 1 aliphatic rings. The monoisotopic (exact) mass is 514 g/mol. The van der Waals surface area contributed by atoms with Crippen LogP contribution in [0.15, 0.2) is 152 Å². The molecule has 2 atom stereocenters. The summed E-state index contributed by atoms with van der Waals surface area (Å²) in [6, 6.07) is 47.5. The average molecular weight is 515 g/mol. The second kappa shape index (κ2) is 10.6. The topological polar surface area (TPSA) is 58.9 Å². The Hall–Kier alpha value is -4.06. The first-order valence-electron chi connectivity index (χ1n) is 13.1. The van der Waals surface area contributed by atoms with E-state index in [9.17, 15) is 10.2 Å². The average Bonchev–Trinajstić information content (AvgIpc) is 3.49. The Bertz CT molecular complexity index is 1300. The number of benzene rings is 5. The molecular weight excluding hydrogens is 484 g/mol. The van der Waals surface area contributed by atoms with Gasteiger partial charge in [0.15, 0.2) is 6.29 Å². The van der Waals surface area contributed by atoms with Crippen LogP contribution in [0.1, 0.15) is 34.1 Å². The van der Waals surface area contributed by atoms with E-state index in [0.29, 0.717) is 22.3 Å². The molecule has 1 fully saturated rings. The fourth-order valence-corrected chi connectivity index (χ4v) is 5.60. The maximum atomic E-state index is 12.8. The van der Waals surface area contributed by atoms with E-state index in [-0.39, 0.29) is 0 Å². The molecule has 4 nitrogen and oxygen atoms in total. The van der Waals surface area contributed by atoms with Crippen molar-refractivity contribution in [3.8, 4) is 0 Å². The van der Waals surface area contributed by atoms with Crippen molar-refractivity contribution in [2.45, 2.75) is 29.7 Å². The molecule has 194 valence electrons. The van der Waals surface area contributed by atoms with Crippen molar-refractivity contribution in [1.82, 2.24) is 0 Å². The molecule has 1 aliphatic heterocycles. The molecule has 1 heterocycles. The summed E-state index contributed by atoms with van der Waals surface area (Å²) >= 11 is 0. The van der Waals surface area contributed by atoms with Crippen LogP contribution >= 0.6 is 0 Å². The lowest BCUT2D eigenvalue weighted by atomic mass is 9.72. The van der Waals surface area contributed by atoms with Gasteiger partial charge in [0.05, 0.1) is 0 Å². The highest BCUT2D eigenvalue weighted by molar-refractivity contribution is 5.43. The predicted molar refractivity (Wildman–Crippen MR) is 151 cm³/mol. The van der Waals surface area contributed by atoms with Gasteiger partial charge in [-0.1, -0.05) is 152 Å². The zero-order chi connectivity index (χ0) is 26.7. The molecule has 0 aliphatic carbocycles. The number of hydrogen-bond acceptors (Lipinski definition) is 4. The normalized spacial score (nSPS) is 19.6. The minimum Gasteiger partial charge on any atom is -0.378 e. The fraction of sp³-hybridized carbons (Fsp3) is 0.143. The molecule has 4 heteroatoms. The van der Waals surface area contributed by atoms with Gasteiger partial charge in [-0.3, -0.25) is 0 Å². The second-order valence-corrected chi connectivity index (χ2v) is 9.85. The molecule has 0 radical (unpaired) electrons. The van der Waals surface area contributed by atoms with Crippen LogP contribution in [0.2, 0.25) is 0 Å². The van der Waals surface area contributed by atoms with Gasteiger partial charge in [-0.15, -0.1) is 0 Å². The minimum atomic E-state index is -1.64. The third-order valence-corrected chi connectivity index (χ3v) is 7.57. The smallest absolute Gasteiger partial charge is 0.185 e. The van der Waals surface area contributed by atoms with Crippen LogP contribution < -0.4 is 0 Å². The van der Waals surface area contributed by atoms with Gasteiger partial charge in [0.25, 0.3) is 0 Å². The first-order chi connectivity index (χ1) is 19.1. The molecule has 2 unspecified atom stereocenters. The largest absolute Gasteiger partial charge is 0.378 e. The Kier molecular flexibility index (Phi) is 6.86. The van der Waals surface area contributed by atoms with Crippen LogP contribution in [0, 0.1) is 0 Å². The quantitative estimate of drug-likeness (QED) is 0.266. The molecule has 2 N–H and O–H groups in total. The van der Waals surface area contributed by atoms with E-state index >= 15 is 0 Å². The molecule has 0 saturated carbocycles. The molecule has 0 bridgehead atoms. The van der Waals surface area contributed by atoms with Gasteiger partial charge in [0.2, 0.25) is 0 Å². The van der Waals surface area contributed by atoms with Gasteiger partial charge in [0.1, 0.15) is 23.4 Å². The number of aliphatic hydroxyl groups is 2. The van der Waals surface area contributed by atoms with Crippen molar-refractivity contribution >= 4 is 0 Å². The molecular formula is C35H30O4. The molecule has 6 rings (SSSR count). The molecule has 5 aromatic carbocycles. The van der Waals surface area contributed by atoms with Crippen LogP contribution in [0.5, 0.6) is 0 Å².